The van der Waals surface area contributed by atoms with Crippen molar-refractivity contribution in [3.63, 3.8) is 0 Å². The highest BCUT2D eigenvalue weighted by molar-refractivity contribution is 14.2. The maximum Gasteiger partial charge on any atom is 0.0767 e. The molecule has 0 bridgehead atoms. The van der Waals surface area contributed by atoms with E-state index in [2.05, 4.69) is 33.9 Å². The van der Waals surface area contributed by atoms with Gasteiger partial charge in [-0.25, -0.2) is 0 Å². The molecular weight excluding hydrogens is 301 g/mol. The van der Waals surface area contributed by atoms with E-state index < -0.39 is 0 Å². The Bertz CT molecular complexity index is 404. The van der Waals surface area contributed by atoms with E-state index in [4.69, 9.17) is 5.21 Å². The van der Waals surface area contributed by atoms with Gasteiger partial charge in [-0.2, -0.15) is 0 Å². The molecule has 0 heterocycles. The van der Waals surface area contributed by atoms with Crippen LogP contribution in [-0.4, -0.2) is 15.4 Å². The van der Waals surface area contributed by atoms with Crippen LogP contribution in [0.5, 0.6) is 0 Å². The van der Waals surface area contributed by atoms with Gasteiger partial charge in [0.25, 0.3) is 0 Å². The van der Waals surface area contributed by atoms with Crippen LogP contribution in [0, 0.1) is 3.57 Å². The topological polar surface area (TPSA) is 32.6 Å². The van der Waals surface area contributed by atoms with Gasteiger partial charge in [0.05, 0.1) is 5.71 Å². The van der Waals surface area contributed by atoms with Crippen molar-refractivity contribution in [2.45, 2.75) is 13.8 Å². The SMILES string of the molecule is C=Ic1ccc(/C(C)=C/C(C)=N/O)cc1. The van der Waals surface area contributed by atoms with Gasteiger partial charge in [0, 0.05) is 3.57 Å². The molecular formula is C12H14INO. The highest BCUT2D eigenvalue weighted by atomic mass is 127. The van der Waals surface area contributed by atoms with Gasteiger partial charge in [-0.15, -0.1) is 0 Å². The molecule has 1 aromatic carbocycles. The van der Waals surface area contributed by atoms with Gasteiger partial charge in [-0.3, -0.25) is 0 Å². The Morgan fingerprint density at radius 3 is 2.40 bits per heavy atom. The van der Waals surface area contributed by atoms with Crippen molar-refractivity contribution in [2.24, 2.45) is 5.16 Å². The lowest BCUT2D eigenvalue weighted by Crippen LogP contribution is -1.87. The fraction of sp³-hybridized carbons (Fsp3) is 0.167. The molecule has 0 fully saturated rings. The van der Waals surface area contributed by atoms with Crippen molar-refractivity contribution in [2.75, 3.05) is 0 Å². The summed E-state index contributed by atoms with van der Waals surface area (Å²) >= 11 is -0.0770. The summed E-state index contributed by atoms with van der Waals surface area (Å²) in [5, 5.41) is 11.7. The van der Waals surface area contributed by atoms with Crippen LogP contribution >= 0.6 is 20.7 Å². The van der Waals surface area contributed by atoms with E-state index in [0.29, 0.717) is 5.71 Å². The Morgan fingerprint density at radius 2 is 1.93 bits per heavy atom. The summed E-state index contributed by atoms with van der Waals surface area (Å²) < 4.78 is 5.27. The molecule has 15 heavy (non-hydrogen) atoms. The third kappa shape index (κ3) is 3.58. The minimum atomic E-state index is -0.0770. The van der Waals surface area contributed by atoms with Crippen molar-refractivity contribution < 1.29 is 5.21 Å². The normalized spacial score (nSPS) is 12.9. The molecule has 0 aromatic heterocycles. The lowest BCUT2D eigenvalue weighted by molar-refractivity contribution is 0.319. The van der Waals surface area contributed by atoms with Gasteiger partial charge in [0.2, 0.25) is 0 Å². The Morgan fingerprint density at radius 1 is 1.33 bits per heavy atom. The molecule has 0 aliphatic carbocycles. The molecule has 1 N–H and O–H groups in total. The van der Waals surface area contributed by atoms with Crippen molar-refractivity contribution in [1.29, 1.82) is 0 Å². The van der Waals surface area contributed by atoms with Crippen LogP contribution in [0.2, 0.25) is 0 Å². The molecule has 1 aromatic rings. The summed E-state index contributed by atoms with van der Waals surface area (Å²) in [5.74, 6) is 0. The van der Waals surface area contributed by atoms with Gasteiger partial charge in [-0.05, 0) is 43.2 Å². The molecule has 0 aliphatic rings. The Kier molecular flexibility index (Phi) is 4.68. The van der Waals surface area contributed by atoms with Gasteiger partial charge in [-0.1, -0.05) is 42.5 Å². The Hall–Kier alpha value is -0.970. The number of nitrogens with zero attached hydrogens (tertiary/aromatic N) is 1. The van der Waals surface area contributed by atoms with Crippen molar-refractivity contribution in [1.82, 2.24) is 0 Å². The van der Waals surface area contributed by atoms with Crippen LogP contribution in [0.4, 0.5) is 0 Å². The van der Waals surface area contributed by atoms with Gasteiger partial charge in [0.15, 0.2) is 0 Å². The van der Waals surface area contributed by atoms with Crippen LogP contribution in [-0.2, 0) is 0 Å². The zero-order valence-corrected chi connectivity index (χ0v) is 11.0. The van der Waals surface area contributed by atoms with Crippen LogP contribution in [0.25, 0.3) is 5.57 Å². The van der Waals surface area contributed by atoms with Crippen LogP contribution in [0.3, 0.4) is 0 Å². The first-order chi connectivity index (χ1) is 7.17. The van der Waals surface area contributed by atoms with Gasteiger partial charge >= 0.3 is 0 Å². The second-order valence-corrected chi connectivity index (χ2v) is 5.22. The van der Waals surface area contributed by atoms with Crippen molar-refractivity contribution in [3.05, 3.63) is 39.5 Å². The number of rotatable bonds is 3. The third-order valence-corrected chi connectivity index (χ3v) is 3.64. The molecule has 0 atom stereocenters. The van der Waals surface area contributed by atoms with Crippen molar-refractivity contribution in [3.8, 4) is 0 Å². The van der Waals surface area contributed by atoms with E-state index in [0.717, 1.165) is 11.1 Å². The second kappa shape index (κ2) is 5.80. The average Bonchev–Trinajstić information content (AvgIpc) is 2.29. The minimum absolute atomic E-state index is 0.0770. The number of allylic oxidation sites excluding steroid dienone is 2. The van der Waals surface area contributed by atoms with E-state index in [9.17, 15) is 0 Å². The number of oxime groups is 1. The van der Waals surface area contributed by atoms with E-state index >= 15 is 0 Å². The monoisotopic (exact) mass is 315 g/mol. The standard InChI is InChI=1S/C12H14INO/c1-9(8-10(2)14-15)11-4-6-12(13-3)7-5-11/h4-8,15H,3H2,1-2H3/b9-8+,14-10+. The average molecular weight is 315 g/mol. The first kappa shape index (κ1) is 12.1. The molecule has 0 unspecified atom stereocenters. The van der Waals surface area contributed by atoms with Crippen LogP contribution in [0.15, 0.2) is 35.5 Å². The minimum Gasteiger partial charge on any atom is -0.411 e. The highest BCUT2D eigenvalue weighted by Gasteiger charge is 1.96. The number of halogens is 1. The molecule has 0 aliphatic heterocycles. The predicted molar refractivity (Wildman–Crippen MR) is 74.8 cm³/mol. The Labute approximate surface area is 100 Å². The summed E-state index contributed by atoms with van der Waals surface area (Å²) in [7, 11) is 0. The molecule has 1 rings (SSSR count). The maximum atomic E-state index is 8.55. The molecule has 3 heteroatoms. The number of hydrogen-bond donors (Lipinski definition) is 1. The molecule has 0 amide bonds. The summed E-state index contributed by atoms with van der Waals surface area (Å²) in [4.78, 5) is 0. The predicted octanol–water partition coefficient (Wildman–Crippen LogP) is 3.51. The first-order valence-electron chi connectivity index (χ1n) is 4.53. The third-order valence-electron chi connectivity index (χ3n) is 2.04. The fourth-order valence-corrected chi connectivity index (χ4v) is 2.10. The van der Waals surface area contributed by atoms with Crippen molar-refractivity contribution >= 4 is 36.5 Å². The zero-order chi connectivity index (χ0) is 11.3. The molecule has 80 valence electrons. The molecule has 0 spiro atoms. The van der Waals surface area contributed by atoms with E-state index in [1.807, 2.05) is 13.0 Å². The quantitative estimate of drug-likeness (QED) is 0.394. The maximum absolute atomic E-state index is 8.55. The number of hydrogen-bond acceptors (Lipinski definition) is 2. The smallest absolute Gasteiger partial charge is 0.0767 e. The highest BCUT2D eigenvalue weighted by Crippen LogP contribution is 2.17. The molecule has 0 saturated carbocycles. The van der Waals surface area contributed by atoms with E-state index in [1.54, 1.807) is 6.92 Å². The van der Waals surface area contributed by atoms with Crippen LogP contribution < -0.4 is 0 Å². The number of benzene rings is 1. The lowest BCUT2D eigenvalue weighted by Gasteiger charge is -2.01. The summed E-state index contributed by atoms with van der Waals surface area (Å²) in [6.45, 7) is 3.77. The fourth-order valence-electron chi connectivity index (χ4n) is 1.23. The molecule has 2 nitrogen and oxygen atoms in total. The lowest BCUT2D eigenvalue weighted by atomic mass is 10.1. The summed E-state index contributed by atoms with van der Waals surface area (Å²) in [6.07, 6.45) is 1.86. The zero-order valence-electron chi connectivity index (χ0n) is 8.87. The Balaban J connectivity index is 2.96. The largest absolute Gasteiger partial charge is 0.411 e. The van der Waals surface area contributed by atoms with Gasteiger partial charge < -0.3 is 5.21 Å². The first-order valence-corrected chi connectivity index (χ1v) is 7.13. The van der Waals surface area contributed by atoms with E-state index in [1.165, 1.54) is 3.57 Å². The molecule has 0 radical (unpaired) electrons. The van der Waals surface area contributed by atoms with Crippen LogP contribution in [0.1, 0.15) is 19.4 Å². The molecule has 0 saturated heterocycles. The summed E-state index contributed by atoms with van der Waals surface area (Å²) in [5.41, 5.74) is 2.86. The second-order valence-electron chi connectivity index (χ2n) is 3.21. The van der Waals surface area contributed by atoms with E-state index in [-0.39, 0.29) is 20.7 Å². The summed E-state index contributed by atoms with van der Waals surface area (Å²) in [6, 6.07) is 8.38. The van der Waals surface area contributed by atoms with Gasteiger partial charge in [0.1, 0.15) is 0 Å².